The smallest absolute Gasteiger partial charge is 0.124 e. The molecular weight excluding hydrogens is 254 g/mol. The number of hydrogen-bond donors (Lipinski definition) is 1. The van der Waals surface area contributed by atoms with Gasteiger partial charge in [-0.1, -0.05) is 28.4 Å². The topological polar surface area (TPSA) is 35.2 Å². The molecule has 2 nitrogen and oxygen atoms in total. The van der Waals surface area contributed by atoms with Crippen molar-refractivity contribution in [2.24, 2.45) is 11.7 Å². The Kier molecular flexibility index (Phi) is 3.32. The standard InChI is InChI=1S/C12H16BrNO/c1-15-11-7-9(13)5-6-10(11)12(14)8-3-2-4-8/h5-8,12H,2-4,14H2,1H3. The lowest BCUT2D eigenvalue weighted by Crippen LogP contribution is -2.27. The van der Waals surface area contributed by atoms with E-state index in [2.05, 4.69) is 22.0 Å². The zero-order valence-corrected chi connectivity index (χ0v) is 10.5. The van der Waals surface area contributed by atoms with Crippen LogP contribution in [0.25, 0.3) is 0 Å². The minimum Gasteiger partial charge on any atom is -0.496 e. The van der Waals surface area contributed by atoms with Crippen LogP contribution in [-0.4, -0.2) is 7.11 Å². The fraction of sp³-hybridized carbons (Fsp3) is 0.500. The first kappa shape index (κ1) is 11.0. The summed E-state index contributed by atoms with van der Waals surface area (Å²) in [6.45, 7) is 0. The molecule has 0 heterocycles. The Balaban J connectivity index is 2.25. The van der Waals surface area contributed by atoms with Gasteiger partial charge in [-0.3, -0.25) is 0 Å². The second kappa shape index (κ2) is 4.54. The summed E-state index contributed by atoms with van der Waals surface area (Å²) in [6, 6.07) is 6.19. The molecule has 1 saturated carbocycles. The van der Waals surface area contributed by atoms with Crippen molar-refractivity contribution in [3.05, 3.63) is 28.2 Å². The molecule has 1 aromatic rings. The molecule has 0 radical (unpaired) electrons. The summed E-state index contributed by atoms with van der Waals surface area (Å²) >= 11 is 3.43. The van der Waals surface area contributed by atoms with Crippen LogP contribution in [0.3, 0.4) is 0 Å². The molecule has 1 aromatic carbocycles. The van der Waals surface area contributed by atoms with E-state index < -0.39 is 0 Å². The summed E-state index contributed by atoms with van der Waals surface area (Å²) in [6.07, 6.45) is 3.82. The molecule has 2 rings (SSSR count). The van der Waals surface area contributed by atoms with Crippen LogP contribution in [0.4, 0.5) is 0 Å². The first-order chi connectivity index (χ1) is 7.22. The van der Waals surface area contributed by atoms with Crippen LogP contribution in [0.15, 0.2) is 22.7 Å². The predicted molar refractivity (Wildman–Crippen MR) is 65.0 cm³/mol. The molecule has 0 bridgehead atoms. The van der Waals surface area contributed by atoms with Gasteiger partial charge in [0.1, 0.15) is 5.75 Å². The van der Waals surface area contributed by atoms with Crippen LogP contribution in [0.5, 0.6) is 5.75 Å². The summed E-state index contributed by atoms with van der Waals surface area (Å²) in [5, 5.41) is 0. The molecule has 1 unspecified atom stereocenters. The van der Waals surface area contributed by atoms with Crippen molar-refractivity contribution < 1.29 is 4.74 Å². The Labute approximate surface area is 98.9 Å². The number of hydrogen-bond acceptors (Lipinski definition) is 2. The van der Waals surface area contributed by atoms with Crippen molar-refractivity contribution >= 4 is 15.9 Å². The fourth-order valence-electron chi connectivity index (χ4n) is 2.01. The van der Waals surface area contributed by atoms with Crippen molar-refractivity contribution in [3.63, 3.8) is 0 Å². The molecule has 0 amide bonds. The zero-order valence-electron chi connectivity index (χ0n) is 8.87. The number of rotatable bonds is 3. The lowest BCUT2D eigenvalue weighted by molar-refractivity contribution is 0.259. The Morgan fingerprint density at radius 1 is 1.47 bits per heavy atom. The van der Waals surface area contributed by atoms with Gasteiger partial charge in [-0.15, -0.1) is 0 Å². The first-order valence-electron chi connectivity index (χ1n) is 5.31. The highest BCUT2D eigenvalue weighted by atomic mass is 79.9. The molecule has 0 spiro atoms. The summed E-state index contributed by atoms with van der Waals surface area (Å²) in [7, 11) is 1.69. The van der Waals surface area contributed by atoms with Gasteiger partial charge in [-0.2, -0.15) is 0 Å². The van der Waals surface area contributed by atoms with E-state index in [9.17, 15) is 0 Å². The second-order valence-corrected chi connectivity index (χ2v) is 5.02. The van der Waals surface area contributed by atoms with E-state index in [1.165, 1.54) is 19.3 Å². The van der Waals surface area contributed by atoms with Gasteiger partial charge in [0, 0.05) is 16.1 Å². The zero-order chi connectivity index (χ0) is 10.8. The van der Waals surface area contributed by atoms with Gasteiger partial charge in [0.25, 0.3) is 0 Å². The highest BCUT2D eigenvalue weighted by Gasteiger charge is 2.27. The second-order valence-electron chi connectivity index (χ2n) is 4.10. The molecule has 82 valence electrons. The largest absolute Gasteiger partial charge is 0.496 e. The average molecular weight is 270 g/mol. The van der Waals surface area contributed by atoms with Gasteiger partial charge in [0.15, 0.2) is 0 Å². The molecule has 0 aromatic heterocycles. The third-order valence-corrected chi connectivity index (χ3v) is 3.71. The monoisotopic (exact) mass is 269 g/mol. The van der Waals surface area contributed by atoms with Crippen LogP contribution < -0.4 is 10.5 Å². The molecule has 1 fully saturated rings. The minimum absolute atomic E-state index is 0.127. The maximum absolute atomic E-state index is 6.23. The van der Waals surface area contributed by atoms with Crippen LogP contribution in [0.2, 0.25) is 0 Å². The lowest BCUT2D eigenvalue weighted by Gasteiger charge is -2.32. The molecule has 3 heteroatoms. The SMILES string of the molecule is COc1cc(Br)ccc1C(N)C1CCC1. The van der Waals surface area contributed by atoms with Gasteiger partial charge < -0.3 is 10.5 Å². The number of halogens is 1. The number of ether oxygens (including phenoxy) is 1. The van der Waals surface area contributed by atoms with Crippen LogP contribution in [-0.2, 0) is 0 Å². The Bertz CT molecular complexity index is 349. The average Bonchev–Trinajstić information content (AvgIpc) is 2.14. The van der Waals surface area contributed by atoms with E-state index in [-0.39, 0.29) is 6.04 Å². The van der Waals surface area contributed by atoms with Crippen molar-refractivity contribution in [1.82, 2.24) is 0 Å². The van der Waals surface area contributed by atoms with Crippen molar-refractivity contribution in [2.75, 3.05) is 7.11 Å². The molecule has 0 saturated heterocycles. The third-order valence-electron chi connectivity index (χ3n) is 3.21. The normalized spacial score (nSPS) is 18.3. The lowest BCUT2D eigenvalue weighted by atomic mass is 9.77. The summed E-state index contributed by atoms with van der Waals surface area (Å²) in [5.41, 5.74) is 7.36. The summed E-state index contributed by atoms with van der Waals surface area (Å²) < 4.78 is 6.39. The quantitative estimate of drug-likeness (QED) is 0.915. The fourth-order valence-corrected chi connectivity index (χ4v) is 2.35. The van der Waals surface area contributed by atoms with Crippen molar-refractivity contribution in [2.45, 2.75) is 25.3 Å². The number of methoxy groups -OCH3 is 1. The highest BCUT2D eigenvalue weighted by Crippen LogP contribution is 2.39. The highest BCUT2D eigenvalue weighted by molar-refractivity contribution is 9.10. The predicted octanol–water partition coefficient (Wildman–Crippen LogP) is 3.26. The molecular formula is C12H16BrNO. The van der Waals surface area contributed by atoms with Gasteiger partial charge >= 0.3 is 0 Å². The van der Waals surface area contributed by atoms with E-state index in [0.717, 1.165) is 15.8 Å². The maximum atomic E-state index is 6.23. The third kappa shape index (κ3) is 2.18. The summed E-state index contributed by atoms with van der Waals surface area (Å²) in [4.78, 5) is 0. The first-order valence-corrected chi connectivity index (χ1v) is 6.10. The number of benzene rings is 1. The molecule has 1 atom stereocenters. The molecule has 15 heavy (non-hydrogen) atoms. The van der Waals surface area contributed by atoms with E-state index in [0.29, 0.717) is 5.92 Å². The maximum Gasteiger partial charge on any atom is 0.124 e. The van der Waals surface area contributed by atoms with E-state index in [4.69, 9.17) is 10.5 Å². The van der Waals surface area contributed by atoms with Gasteiger partial charge in [0.05, 0.1) is 7.11 Å². The van der Waals surface area contributed by atoms with Crippen molar-refractivity contribution in [3.8, 4) is 5.75 Å². The molecule has 1 aliphatic rings. The van der Waals surface area contributed by atoms with Crippen molar-refractivity contribution in [1.29, 1.82) is 0 Å². The van der Waals surface area contributed by atoms with Crippen LogP contribution in [0, 0.1) is 5.92 Å². The Morgan fingerprint density at radius 3 is 2.73 bits per heavy atom. The van der Waals surface area contributed by atoms with Gasteiger partial charge in [0.2, 0.25) is 0 Å². The van der Waals surface area contributed by atoms with Gasteiger partial charge in [-0.05, 0) is 30.9 Å². The minimum atomic E-state index is 0.127. The molecule has 1 aliphatic carbocycles. The molecule has 0 aliphatic heterocycles. The summed E-state index contributed by atoms with van der Waals surface area (Å²) in [5.74, 6) is 1.53. The van der Waals surface area contributed by atoms with E-state index >= 15 is 0 Å². The van der Waals surface area contributed by atoms with Crippen LogP contribution >= 0.6 is 15.9 Å². The van der Waals surface area contributed by atoms with Gasteiger partial charge in [-0.25, -0.2) is 0 Å². The Hall–Kier alpha value is -0.540. The van der Waals surface area contributed by atoms with Crippen LogP contribution in [0.1, 0.15) is 30.9 Å². The molecule has 2 N–H and O–H groups in total. The van der Waals surface area contributed by atoms with E-state index in [1.807, 2.05) is 12.1 Å². The number of nitrogens with two attached hydrogens (primary N) is 1. The Morgan fingerprint density at radius 2 is 2.20 bits per heavy atom. The van der Waals surface area contributed by atoms with E-state index in [1.54, 1.807) is 7.11 Å².